The number of nitrogens with one attached hydrogen (secondary N) is 1. The quantitative estimate of drug-likeness (QED) is 0.869. The summed E-state index contributed by atoms with van der Waals surface area (Å²) in [7, 11) is 1.94. The van der Waals surface area contributed by atoms with Gasteiger partial charge in [-0.25, -0.2) is 0 Å². The van der Waals surface area contributed by atoms with Gasteiger partial charge in [0.15, 0.2) is 0 Å². The van der Waals surface area contributed by atoms with Crippen molar-refractivity contribution in [3.8, 4) is 6.07 Å². The van der Waals surface area contributed by atoms with Gasteiger partial charge in [-0.3, -0.25) is 4.79 Å². The number of nitriles is 1. The van der Waals surface area contributed by atoms with Gasteiger partial charge in [0.1, 0.15) is 0 Å². The molecule has 2 rings (SSSR count). The molecule has 1 aromatic rings. The van der Waals surface area contributed by atoms with Crippen molar-refractivity contribution in [1.29, 1.82) is 5.26 Å². The van der Waals surface area contributed by atoms with E-state index in [1.54, 1.807) is 24.3 Å². The molecule has 1 fully saturated rings. The fourth-order valence-electron chi connectivity index (χ4n) is 2.34. The van der Waals surface area contributed by atoms with E-state index in [2.05, 4.69) is 11.4 Å². The number of amides is 1. The van der Waals surface area contributed by atoms with Gasteiger partial charge in [0, 0.05) is 18.7 Å². The molecule has 94 valence electrons. The summed E-state index contributed by atoms with van der Waals surface area (Å²) in [5, 5.41) is 11.9. The van der Waals surface area contributed by atoms with E-state index in [1.807, 2.05) is 11.9 Å². The third kappa shape index (κ3) is 2.69. The number of hydrogen-bond donors (Lipinski definition) is 1. The molecule has 1 aromatic carbocycles. The molecule has 1 atom stereocenters. The zero-order valence-corrected chi connectivity index (χ0v) is 10.5. The molecule has 1 saturated heterocycles. The highest BCUT2D eigenvalue weighted by Crippen LogP contribution is 2.18. The lowest BCUT2D eigenvalue weighted by Gasteiger charge is -2.16. The average molecular weight is 243 g/mol. The molecule has 18 heavy (non-hydrogen) atoms. The maximum atomic E-state index is 12.2. The summed E-state index contributed by atoms with van der Waals surface area (Å²) in [5.41, 5.74) is 1.25. The largest absolute Gasteiger partial charge is 0.338 e. The van der Waals surface area contributed by atoms with E-state index in [9.17, 15) is 4.79 Å². The minimum atomic E-state index is 0.0677. The molecule has 4 nitrogen and oxygen atoms in total. The molecule has 0 bridgehead atoms. The van der Waals surface area contributed by atoms with Gasteiger partial charge in [-0.05, 0) is 50.2 Å². The first-order chi connectivity index (χ1) is 8.74. The van der Waals surface area contributed by atoms with Crippen LogP contribution < -0.4 is 5.32 Å². The predicted octanol–water partition coefficient (Wildman–Crippen LogP) is 1.24. The second kappa shape index (κ2) is 5.65. The van der Waals surface area contributed by atoms with Crippen molar-refractivity contribution in [3.05, 3.63) is 35.4 Å². The van der Waals surface area contributed by atoms with Crippen LogP contribution in [-0.2, 0) is 0 Å². The van der Waals surface area contributed by atoms with E-state index in [0.29, 0.717) is 17.0 Å². The fraction of sp³-hybridized carbons (Fsp3) is 0.429. The van der Waals surface area contributed by atoms with E-state index < -0.39 is 0 Å². The standard InChI is InChI=1S/C14H17N3O/c1-16-9-12-6-7-17(10-12)14(18)13-4-2-11(8-15)3-5-13/h2-5,12,16H,6-7,9-10H2,1H3. The number of likely N-dealkylation sites (tertiary alicyclic amines) is 1. The van der Waals surface area contributed by atoms with Crippen molar-refractivity contribution in [2.45, 2.75) is 6.42 Å². The molecule has 0 spiro atoms. The Morgan fingerprint density at radius 1 is 1.50 bits per heavy atom. The number of carbonyl (C=O) groups excluding carboxylic acids is 1. The van der Waals surface area contributed by atoms with Crippen molar-refractivity contribution in [1.82, 2.24) is 10.2 Å². The highest BCUT2D eigenvalue weighted by molar-refractivity contribution is 5.94. The third-order valence-electron chi connectivity index (χ3n) is 3.33. The molecule has 0 aromatic heterocycles. The summed E-state index contributed by atoms with van der Waals surface area (Å²) in [6, 6.07) is 8.89. The molecule has 0 aliphatic carbocycles. The lowest BCUT2D eigenvalue weighted by atomic mass is 10.1. The molecular weight excluding hydrogens is 226 g/mol. The Morgan fingerprint density at radius 3 is 2.83 bits per heavy atom. The second-order valence-electron chi connectivity index (χ2n) is 4.65. The number of benzene rings is 1. The topological polar surface area (TPSA) is 56.1 Å². The van der Waals surface area contributed by atoms with Gasteiger partial charge in [-0.15, -0.1) is 0 Å². The van der Waals surface area contributed by atoms with Crippen molar-refractivity contribution in [2.75, 3.05) is 26.7 Å². The Balaban J connectivity index is 2.01. The van der Waals surface area contributed by atoms with E-state index in [-0.39, 0.29) is 5.91 Å². The highest BCUT2D eigenvalue weighted by Gasteiger charge is 2.26. The number of hydrogen-bond acceptors (Lipinski definition) is 3. The zero-order valence-electron chi connectivity index (χ0n) is 10.5. The summed E-state index contributed by atoms with van der Waals surface area (Å²) in [6.07, 6.45) is 1.06. The van der Waals surface area contributed by atoms with Crippen LogP contribution in [0.15, 0.2) is 24.3 Å². The summed E-state index contributed by atoms with van der Waals surface area (Å²) >= 11 is 0. The average Bonchev–Trinajstić information content (AvgIpc) is 2.87. The van der Waals surface area contributed by atoms with E-state index in [1.165, 1.54) is 0 Å². The Hall–Kier alpha value is -1.86. The normalized spacial score (nSPS) is 18.7. The number of nitrogens with zero attached hydrogens (tertiary/aromatic N) is 2. The molecule has 4 heteroatoms. The van der Waals surface area contributed by atoms with Crippen LogP contribution in [-0.4, -0.2) is 37.5 Å². The Bertz CT molecular complexity index is 461. The lowest BCUT2D eigenvalue weighted by molar-refractivity contribution is 0.0787. The molecule has 0 saturated carbocycles. The lowest BCUT2D eigenvalue weighted by Crippen LogP contribution is -2.30. The van der Waals surface area contributed by atoms with Gasteiger partial charge >= 0.3 is 0 Å². The van der Waals surface area contributed by atoms with Crippen LogP contribution in [0.4, 0.5) is 0 Å². The van der Waals surface area contributed by atoms with Crippen molar-refractivity contribution in [2.24, 2.45) is 5.92 Å². The Morgan fingerprint density at radius 2 is 2.22 bits per heavy atom. The maximum Gasteiger partial charge on any atom is 0.253 e. The second-order valence-corrected chi connectivity index (χ2v) is 4.65. The Labute approximate surface area is 107 Å². The molecule has 1 heterocycles. The highest BCUT2D eigenvalue weighted by atomic mass is 16.2. The van der Waals surface area contributed by atoms with E-state index in [4.69, 9.17) is 5.26 Å². The SMILES string of the molecule is CNCC1CCN(C(=O)c2ccc(C#N)cc2)C1. The smallest absolute Gasteiger partial charge is 0.253 e. The monoisotopic (exact) mass is 243 g/mol. The Kier molecular flexibility index (Phi) is 3.96. The first kappa shape index (κ1) is 12.6. The number of rotatable bonds is 3. The van der Waals surface area contributed by atoms with E-state index >= 15 is 0 Å². The number of carbonyl (C=O) groups is 1. The van der Waals surface area contributed by atoms with Gasteiger partial charge in [0.25, 0.3) is 5.91 Å². The summed E-state index contributed by atoms with van der Waals surface area (Å²) in [6.45, 7) is 2.60. The molecule has 1 aliphatic rings. The molecule has 1 aliphatic heterocycles. The summed E-state index contributed by atoms with van der Waals surface area (Å²) in [4.78, 5) is 14.1. The molecule has 0 radical (unpaired) electrons. The zero-order chi connectivity index (χ0) is 13.0. The van der Waals surface area contributed by atoms with Gasteiger partial charge in [-0.2, -0.15) is 5.26 Å². The first-order valence-electron chi connectivity index (χ1n) is 6.18. The first-order valence-corrected chi connectivity index (χ1v) is 6.18. The van der Waals surface area contributed by atoms with Crippen LogP contribution in [0, 0.1) is 17.2 Å². The van der Waals surface area contributed by atoms with E-state index in [0.717, 1.165) is 26.1 Å². The summed E-state index contributed by atoms with van der Waals surface area (Å²) in [5.74, 6) is 0.621. The van der Waals surface area contributed by atoms with Crippen LogP contribution in [0.5, 0.6) is 0 Å². The molecule has 1 N–H and O–H groups in total. The van der Waals surface area contributed by atoms with Crippen LogP contribution >= 0.6 is 0 Å². The minimum Gasteiger partial charge on any atom is -0.338 e. The van der Waals surface area contributed by atoms with Crippen molar-refractivity contribution < 1.29 is 4.79 Å². The van der Waals surface area contributed by atoms with Crippen LogP contribution in [0.2, 0.25) is 0 Å². The maximum absolute atomic E-state index is 12.2. The predicted molar refractivity (Wildman–Crippen MR) is 69.1 cm³/mol. The fourth-order valence-corrected chi connectivity index (χ4v) is 2.34. The van der Waals surface area contributed by atoms with Gasteiger partial charge < -0.3 is 10.2 Å². The van der Waals surface area contributed by atoms with Gasteiger partial charge in [-0.1, -0.05) is 0 Å². The third-order valence-corrected chi connectivity index (χ3v) is 3.33. The van der Waals surface area contributed by atoms with Gasteiger partial charge in [0.2, 0.25) is 0 Å². The molecule has 1 unspecified atom stereocenters. The van der Waals surface area contributed by atoms with Crippen molar-refractivity contribution >= 4 is 5.91 Å². The van der Waals surface area contributed by atoms with Crippen LogP contribution in [0.1, 0.15) is 22.3 Å². The van der Waals surface area contributed by atoms with Crippen LogP contribution in [0.25, 0.3) is 0 Å². The van der Waals surface area contributed by atoms with Crippen LogP contribution in [0.3, 0.4) is 0 Å². The minimum absolute atomic E-state index is 0.0677. The molecular formula is C14H17N3O. The van der Waals surface area contributed by atoms with Gasteiger partial charge in [0.05, 0.1) is 11.6 Å². The summed E-state index contributed by atoms with van der Waals surface area (Å²) < 4.78 is 0. The van der Waals surface area contributed by atoms with Crippen molar-refractivity contribution in [3.63, 3.8) is 0 Å². The molecule has 1 amide bonds.